The molecule has 0 unspecified atom stereocenters. The number of carbonyl (C=O) groups is 1. The third-order valence-corrected chi connectivity index (χ3v) is 3.37. The van der Waals surface area contributed by atoms with Crippen molar-refractivity contribution < 1.29 is 4.79 Å². The van der Waals surface area contributed by atoms with Gasteiger partial charge in [-0.2, -0.15) is 0 Å². The Balaban J connectivity index is 2.72. The van der Waals surface area contributed by atoms with Crippen molar-refractivity contribution in [2.24, 2.45) is 0 Å². The first-order chi connectivity index (χ1) is 8.52. The summed E-state index contributed by atoms with van der Waals surface area (Å²) in [6.45, 7) is 3.95. The maximum atomic E-state index is 12.1. The Morgan fingerprint density at radius 2 is 1.78 bits per heavy atom. The molecule has 0 saturated heterocycles. The van der Waals surface area contributed by atoms with Crippen LogP contribution in [0.4, 0.5) is 0 Å². The van der Waals surface area contributed by atoms with Crippen LogP contribution in [0.3, 0.4) is 0 Å². The Bertz CT molecular complexity index is 654. The van der Waals surface area contributed by atoms with E-state index in [-0.39, 0.29) is 11.1 Å². The molecule has 0 bridgehead atoms. The van der Waals surface area contributed by atoms with Crippen molar-refractivity contribution in [3.05, 3.63) is 62.0 Å². The number of aryl methyl sites for hydroxylation is 2. The van der Waals surface area contributed by atoms with E-state index in [0.717, 1.165) is 16.8 Å². The van der Waals surface area contributed by atoms with Gasteiger partial charge in [0, 0.05) is 16.4 Å². The lowest BCUT2D eigenvalue weighted by molar-refractivity contribution is 0.112. The largest absolute Gasteiger partial charge is 0.298 e. The van der Waals surface area contributed by atoms with Gasteiger partial charge >= 0.3 is 0 Å². The van der Waals surface area contributed by atoms with Crippen LogP contribution >= 0.6 is 15.9 Å². The van der Waals surface area contributed by atoms with Crippen molar-refractivity contribution in [1.29, 1.82) is 0 Å². The molecule has 92 valence electrons. The third-order valence-electron chi connectivity index (χ3n) is 2.68. The van der Waals surface area contributed by atoms with Crippen LogP contribution in [0.15, 0.2) is 39.7 Å². The third kappa shape index (κ3) is 2.29. The summed E-state index contributed by atoms with van der Waals surface area (Å²) in [5.41, 5.74) is 2.74. The van der Waals surface area contributed by atoms with E-state index in [4.69, 9.17) is 0 Å². The van der Waals surface area contributed by atoms with E-state index in [1.54, 1.807) is 12.3 Å². The summed E-state index contributed by atoms with van der Waals surface area (Å²) in [7, 11) is 0. The van der Waals surface area contributed by atoms with E-state index in [9.17, 15) is 9.59 Å². The van der Waals surface area contributed by atoms with Crippen LogP contribution in [0.5, 0.6) is 0 Å². The Hall–Kier alpha value is -1.68. The van der Waals surface area contributed by atoms with E-state index in [1.165, 1.54) is 4.57 Å². The molecule has 1 aromatic heterocycles. The van der Waals surface area contributed by atoms with E-state index in [0.29, 0.717) is 10.8 Å². The molecule has 18 heavy (non-hydrogen) atoms. The predicted octanol–water partition coefficient (Wildman–Crippen LogP) is 3.03. The molecule has 0 spiro atoms. The fourth-order valence-corrected chi connectivity index (χ4v) is 2.31. The van der Waals surface area contributed by atoms with Crippen LogP contribution in [0, 0.1) is 13.8 Å². The van der Waals surface area contributed by atoms with Crippen LogP contribution in [-0.4, -0.2) is 10.9 Å². The minimum Gasteiger partial charge on any atom is -0.298 e. The highest BCUT2D eigenvalue weighted by atomic mass is 79.9. The number of carbonyl (C=O) groups excluding carboxylic acids is 1. The average Bonchev–Trinajstić information content (AvgIpc) is 2.28. The van der Waals surface area contributed by atoms with E-state index >= 15 is 0 Å². The zero-order valence-electron chi connectivity index (χ0n) is 10.1. The van der Waals surface area contributed by atoms with Crippen LogP contribution in [0.1, 0.15) is 21.5 Å². The molecule has 1 heterocycles. The topological polar surface area (TPSA) is 39.1 Å². The SMILES string of the molecule is Cc1cc(C)cc(-n2ccc(Br)c(C=O)c2=O)c1. The number of hydrogen-bond acceptors (Lipinski definition) is 2. The molecule has 0 fully saturated rings. The summed E-state index contributed by atoms with van der Waals surface area (Å²) in [6, 6.07) is 7.56. The molecule has 3 nitrogen and oxygen atoms in total. The Morgan fingerprint density at radius 3 is 2.33 bits per heavy atom. The fraction of sp³-hybridized carbons (Fsp3) is 0.143. The molecule has 1 aromatic carbocycles. The van der Waals surface area contributed by atoms with Crippen molar-refractivity contribution in [3.63, 3.8) is 0 Å². The van der Waals surface area contributed by atoms with Gasteiger partial charge in [-0.15, -0.1) is 0 Å². The standard InChI is InChI=1S/C14H12BrNO2/c1-9-5-10(2)7-11(6-9)16-4-3-13(15)12(8-17)14(16)18/h3-8H,1-2H3. The minimum absolute atomic E-state index is 0.136. The monoisotopic (exact) mass is 305 g/mol. The van der Waals surface area contributed by atoms with Gasteiger partial charge in [-0.1, -0.05) is 6.07 Å². The molecule has 2 rings (SSSR count). The van der Waals surface area contributed by atoms with Crippen molar-refractivity contribution >= 4 is 22.2 Å². The second-order valence-electron chi connectivity index (χ2n) is 4.22. The number of benzene rings is 1. The molecular formula is C14H12BrNO2. The molecule has 0 radical (unpaired) electrons. The molecule has 0 saturated carbocycles. The number of hydrogen-bond donors (Lipinski definition) is 0. The number of nitrogens with zero attached hydrogens (tertiary/aromatic N) is 1. The van der Waals surface area contributed by atoms with Crippen LogP contribution in [-0.2, 0) is 0 Å². The Morgan fingerprint density at radius 1 is 1.17 bits per heavy atom. The minimum atomic E-state index is -0.315. The maximum absolute atomic E-state index is 12.1. The molecular weight excluding hydrogens is 294 g/mol. The summed E-state index contributed by atoms with van der Waals surface area (Å²) in [5, 5.41) is 0. The molecule has 0 atom stereocenters. The number of pyridine rings is 1. The maximum Gasteiger partial charge on any atom is 0.266 e. The van der Waals surface area contributed by atoms with Crippen LogP contribution in [0.2, 0.25) is 0 Å². The van der Waals surface area contributed by atoms with E-state index in [1.807, 2.05) is 32.0 Å². The van der Waals surface area contributed by atoms with Gasteiger partial charge in [0.25, 0.3) is 5.56 Å². The highest BCUT2D eigenvalue weighted by Gasteiger charge is 2.09. The predicted molar refractivity (Wildman–Crippen MR) is 74.6 cm³/mol. The lowest BCUT2D eigenvalue weighted by atomic mass is 10.1. The molecule has 4 heteroatoms. The van der Waals surface area contributed by atoms with Gasteiger partial charge < -0.3 is 0 Å². The number of aldehydes is 1. The van der Waals surface area contributed by atoms with Crippen molar-refractivity contribution in [1.82, 2.24) is 4.57 Å². The van der Waals surface area contributed by atoms with E-state index in [2.05, 4.69) is 15.9 Å². The van der Waals surface area contributed by atoms with Gasteiger partial charge in [0.15, 0.2) is 6.29 Å². The van der Waals surface area contributed by atoms with Gasteiger partial charge in [-0.05, 0) is 59.1 Å². The zero-order chi connectivity index (χ0) is 13.3. The summed E-state index contributed by atoms with van der Waals surface area (Å²) >= 11 is 3.20. The Kier molecular flexibility index (Phi) is 3.48. The number of rotatable bonds is 2. The van der Waals surface area contributed by atoms with Gasteiger partial charge in [-0.25, -0.2) is 0 Å². The second kappa shape index (κ2) is 4.90. The summed E-state index contributed by atoms with van der Waals surface area (Å²) in [6.07, 6.45) is 2.24. The lowest BCUT2D eigenvalue weighted by Gasteiger charge is -2.09. The second-order valence-corrected chi connectivity index (χ2v) is 5.07. The molecule has 0 N–H and O–H groups in total. The molecule has 0 aliphatic carbocycles. The molecule has 0 aliphatic heterocycles. The van der Waals surface area contributed by atoms with Gasteiger partial charge in [-0.3, -0.25) is 14.2 Å². The molecule has 2 aromatic rings. The molecule has 0 aliphatic rings. The van der Waals surface area contributed by atoms with Crippen molar-refractivity contribution in [2.75, 3.05) is 0 Å². The van der Waals surface area contributed by atoms with Crippen LogP contribution in [0.25, 0.3) is 5.69 Å². The quantitative estimate of drug-likeness (QED) is 0.800. The lowest BCUT2D eigenvalue weighted by Crippen LogP contribution is -2.22. The average molecular weight is 306 g/mol. The summed E-state index contributed by atoms with van der Waals surface area (Å²) < 4.78 is 2.00. The van der Waals surface area contributed by atoms with Gasteiger partial charge in [0.05, 0.1) is 5.56 Å². The number of aromatic nitrogens is 1. The first kappa shape index (κ1) is 12.8. The summed E-state index contributed by atoms with van der Waals surface area (Å²) in [5.74, 6) is 0. The van der Waals surface area contributed by atoms with E-state index < -0.39 is 0 Å². The highest BCUT2D eigenvalue weighted by Crippen LogP contribution is 2.15. The number of halogens is 1. The zero-order valence-corrected chi connectivity index (χ0v) is 11.7. The molecule has 0 amide bonds. The van der Waals surface area contributed by atoms with Gasteiger partial charge in [0.1, 0.15) is 0 Å². The van der Waals surface area contributed by atoms with Crippen molar-refractivity contribution in [2.45, 2.75) is 13.8 Å². The first-order valence-corrected chi connectivity index (χ1v) is 6.27. The first-order valence-electron chi connectivity index (χ1n) is 5.48. The van der Waals surface area contributed by atoms with Crippen molar-refractivity contribution in [3.8, 4) is 5.69 Å². The highest BCUT2D eigenvalue weighted by molar-refractivity contribution is 9.10. The smallest absolute Gasteiger partial charge is 0.266 e. The normalized spacial score (nSPS) is 10.4. The van der Waals surface area contributed by atoms with Gasteiger partial charge in [0.2, 0.25) is 0 Å². The summed E-state index contributed by atoms with van der Waals surface area (Å²) in [4.78, 5) is 23.1. The fourth-order valence-electron chi connectivity index (χ4n) is 1.93. The van der Waals surface area contributed by atoms with Crippen LogP contribution < -0.4 is 5.56 Å². The Labute approximate surface area is 113 Å².